The van der Waals surface area contributed by atoms with E-state index < -0.39 is 5.82 Å². The highest BCUT2D eigenvalue weighted by atomic mass is 19.1. The Morgan fingerprint density at radius 1 is 1.11 bits per heavy atom. The molecule has 194 valence electrons. The Morgan fingerprint density at radius 3 is 2.57 bits per heavy atom. The lowest BCUT2D eigenvalue weighted by atomic mass is 10.1. The van der Waals surface area contributed by atoms with Crippen molar-refractivity contribution in [1.29, 1.82) is 0 Å². The number of hydrogen-bond donors (Lipinski definition) is 1. The fourth-order valence-electron chi connectivity index (χ4n) is 4.98. The smallest absolute Gasteiger partial charge is 0.320 e. The topological polar surface area (TPSA) is 98.2 Å². The van der Waals surface area contributed by atoms with Crippen molar-refractivity contribution in [2.75, 3.05) is 39.0 Å². The van der Waals surface area contributed by atoms with Crippen LogP contribution in [0.1, 0.15) is 31.4 Å². The van der Waals surface area contributed by atoms with Crippen LogP contribution in [0.4, 0.5) is 10.2 Å². The number of imidazole rings is 1. The van der Waals surface area contributed by atoms with Crippen LogP contribution in [0, 0.1) is 5.82 Å². The van der Waals surface area contributed by atoms with Crippen molar-refractivity contribution in [2.45, 2.75) is 39.4 Å². The van der Waals surface area contributed by atoms with Crippen molar-refractivity contribution in [3.8, 4) is 17.4 Å². The van der Waals surface area contributed by atoms with Gasteiger partial charge < -0.3 is 19.9 Å². The second kappa shape index (κ2) is 10.8. The Kier molecular flexibility index (Phi) is 7.29. The lowest BCUT2D eigenvalue weighted by Gasteiger charge is -2.27. The van der Waals surface area contributed by atoms with Crippen molar-refractivity contribution < 1.29 is 9.13 Å². The molecule has 1 fully saturated rings. The molecule has 3 aromatic heterocycles. The van der Waals surface area contributed by atoms with Crippen molar-refractivity contribution in [3.05, 3.63) is 59.7 Å². The van der Waals surface area contributed by atoms with Gasteiger partial charge in [0.15, 0.2) is 17.0 Å². The maximum Gasteiger partial charge on any atom is 0.320 e. The molecule has 1 aromatic carbocycles. The summed E-state index contributed by atoms with van der Waals surface area (Å²) >= 11 is 0. The molecule has 1 aliphatic rings. The standard InChI is InChI=1S/C27H33FN8O/c1-4-35(22-10-11-34(3)17-22)15-18-6-8-19(9-7-18)16-36-25(20-12-21(28)14-30-13-20)31-23-24(29)32-27(37-5-2)33-26(23)36/h6-9,12-14,22H,4-5,10-11,15-17H2,1-3H3,(H2,29,32,33). The van der Waals surface area contributed by atoms with Gasteiger partial charge in [-0.2, -0.15) is 9.97 Å². The van der Waals surface area contributed by atoms with Crippen molar-refractivity contribution >= 4 is 17.0 Å². The summed E-state index contributed by atoms with van der Waals surface area (Å²) in [5, 5.41) is 0. The highest BCUT2D eigenvalue weighted by Crippen LogP contribution is 2.29. The lowest BCUT2D eigenvalue weighted by Crippen LogP contribution is -2.36. The zero-order valence-corrected chi connectivity index (χ0v) is 21.6. The molecular formula is C27H33FN8O. The highest BCUT2D eigenvalue weighted by Gasteiger charge is 2.25. The Balaban J connectivity index is 1.46. The second-order valence-corrected chi connectivity index (χ2v) is 9.49. The van der Waals surface area contributed by atoms with Gasteiger partial charge in [0, 0.05) is 30.9 Å². The van der Waals surface area contributed by atoms with E-state index in [1.165, 1.54) is 24.2 Å². The van der Waals surface area contributed by atoms with Crippen LogP contribution in [0.3, 0.4) is 0 Å². The predicted octanol–water partition coefficient (Wildman–Crippen LogP) is 3.58. The number of likely N-dealkylation sites (tertiary alicyclic amines) is 1. The molecule has 0 saturated carbocycles. The highest BCUT2D eigenvalue weighted by molar-refractivity contribution is 5.85. The van der Waals surface area contributed by atoms with Gasteiger partial charge in [-0.3, -0.25) is 9.88 Å². The Bertz CT molecular complexity index is 1370. The molecule has 9 nitrogen and oxygen atoms in total. The van der Waals surface area contributed by atoms with Crippen LogP contribution in [0.25, 0.3) is 22.6 Å². The fraction of sp³-hybridized carbons (Fsp3) is 0.407. The minimum absolute atomic E-state index is 0.185. The number of nitrogen functional groups attached to an aromatic ring is 1. The summed E-state index contributed by atoms with van der Waals surface area (Å²) in [5.41, 5.74) is 10.0. The summed E-state index contributed by atoms with van der Waals surface area (Å²) in [6, 6.07) is 10.8. The number of ether oxygens (including phenoxy) is 1. The summed E-state index contributed by atoms with van der Waals surface area (Å²) in [6.07, 6.45) is 3.96. The van der Waals surface area contributed by atoms with Gasteiger partial charge in [0.1, 0.15) is 11.6 Å². The van der Waals surface area contributed by atoms with Crippen molar-refractivity contribution in [2.24, 2.45) is 0 Å². The van der Waals surface area contributed by atoms with Crippen molar-refractivity contribution in [1.82, 2.24) is 34.3 Å². The van der Waals surface area contributed by atoms with Crippen LogP contribution in [-0.2, 0) is 13.1 Å². The summed E-state index contributed by atoms with van der Waals surface area (Å²) in [5.74, 6) is 0.289. The van der Waals surface area contributed by atoms with E-state index in [-0.39, 0.29) is 11.8 Å². The molecule has 1 aliphatic heterocycles. The van der Waals surface area contributed by atoms with E-state index >= 15 is 0 Å². The predicted molar refractivity (Wildman–Crippen MR) is 142 cm³/mol. The zero-order chi connectivity index (χ0) is 25.9. The van der Waals surface area contributed by atoms with Gasteiger partial charge in [-0.15, -0.1) is 0 Å². The largest absolute Gasteiger partial charge is 0.464 e. The molecule has 2 N–H and O–H groups in total. The van der Waals surface area contributed by atoms with Crippen LogP contribution in [0.2, 0.25) is 0 Å². The minimum atomic E-state index is -0.441. The number of halogens is 1. The van der Waals surface area contributed by atoms with Gasteiger partial charge in [-0.25, -0.2) is 9.37 Å². The average Bonchev–Trinajstić information content (AvgIpc) is 3.48. The molecule has 0 bridgehead atoms. The van der Waals surface area contributed by atoms with Gasteiger partial charge in [-0.1, -0.05) is 31.2 Å². The van der Waals surface area contributed by atoms with Crippen LogP contribution in [0.5, 0.6) is 6.01 Å². The quantitative estimate of drug-likeness (QED) is 0.369. The molecule has 0 radical (unpaired) electrons. The molecule has 37 heavy (non-hydrogen) atoms. The first-order valence-electron chi connectivity index (χ1n) is 12.7. The molecule has 1 atom stereocenters. The normalized spacial score (nSPS) is 16.2. The van der Waals surface area contributed by atoms with E-state index in [4.69, 9.17) is 10.5 Å². The molecule has 0 amide bonds. The van der Waals surface area contributed by atoms with Crippen LogP contribution in [0.15, 0.2) is 42.7 Å². The number of fused-ring (bicyclic) bond motifs is 1. The summed E-state index contributed by atoms with van der Waals surface area (Å²) in [4.78, 5) is 22.4. The molecule has 0 spiro atoms. The number of pyridine rings is 1. The molecular weight excluding hydrogens is 471 g/mol. The lowest BCUT2D eigenvalue weighted by molar-refractivity contribution is 0.199. The van der Waals surface area contributed by atoms with Crippen LogP contribution in [-0.4, -0.2) is 73.6 Å². The Morgan fingerprint density at radius 2 is 1.89 bits per heavy atom. The SMILES string of the molecule is CCOc1nc(N)c2nc(-c3cncc(F)c3)n(Cc3ccc(CN(CC)C4CCN(C)C4)cc3)c2n1. The molecule has 5 rings (SSSR count). The average molecular weight is 505 g/mol. The van der Waals surface area contributed by atoms with E-state index in [0.717, 1.165) is 31.7 Å². The van der Waals surface area contributed by atoms with Crippen molar-refractivity contribution in [3.63, 3.8) is 0 Å². The molecule has 4 heterocycles. The molecule has 1 unspecified atom stereocenters. The number of benzene rings is 1. The molecule has 10 heteroatoms. The van der Waals surface area contributed by atoms with Gasteiger partial charge in [0.2, 0.25) is 0 Å². The van der Waals surface area contributed by atoms with Crippen LogP contribution < -0.4 is 10.5 Å². The molecule has 1 saturated heterocycles. The van der Waals surface area contributed by atoms with Crippen LogP contribution >= 0.6 is 0 Å². The monoisotopic (exact) mass is 504 g/mol. The molecule has 0 aliphatic carbocycles. The first-order chi connectivity index (χ1) is 17.9. The number of nitrogens with two attached hydrogens (primary N) is 1. The third kappa shape index (κ3) is 5.40. The first kappa shape index (κ1) is 25.0. The first-order valence-corrected chi connectivity index (χ1v) is 12.7. The van der Waals surface area contributed by atoms with Gasteiger partial charge in [-0.05, 0) is 50.7 Å². The van der Waals surface area contributed by atoms with Gasteiger partial charge in [0.05, 0.1) is 19.3 Å². The van der Waals surface area contributed by atoms with E-state index in [2.05, 4.69) is 68.0 Å². The zero-order valence-electron chi connectivity index (χ0n) is 21.6. The number of likely N-dealkylation sites (N-methyl/N-ethyl adjacent to an activating group) is 2. The number of rotatable bonds is 9. The number of anilines is 1. The minimum Gasteiger partial charge on any atom is -0.464 e. The Labute approximate surface area is 216 Å². The molecule has 4 aromatic rings. The Hall–Kier alpha value is -3.63. The maximum atomic E-state index is 14.0. The summed E-state index contributed by atoms with van der Waals surface area (Å²) in [6.45, 7) is 9.18. The van der Waals surface area contributed by atoms with E-state index in [1.807, 2.05) is 11.5 Å². The van der Waals surface area contributed by atoms with E-state index in [1.54, 1.807) is 6.20 Å². The third-order valence-electron chi connectivity index (χ3n) is 6.88. The maximum absolute atomic E-state index is 14.0. The summed E-state index contributed by atoms with van der Waals surface area (Å²) < 4.78 is 21.5. The second-order valence-electron chi connectivity index (χ2n) is 9.49. The van der Waals surface area contributed by atoms with Gasteiger partial charge >= 0.3 is 6.01 Å². The summed E-state index contributed by atoms with van der Waals surface area (Å²) in [7, 11) is 2.19. The fourth-order valence-corrected chi connectivity index (χ4v) is 4.98. The van der Waals surface area contributed by atoms with Gasteiger partial charge in [0.25, 0.3) is 0 Å². The number of aromatic nitrogens is 5. The van der Waals surface area contributed by atoms with E-state index in [0.29, 0.717) is 41.7 Å². The number of hydrogen-bond acceptors (Lipinski definition) is 8. The van der Waals surface area contributed by atoms with E-state index in [9.17, 15) is 4.39 Å². The number of nitrogens with zero attached hydrogens (tertiary/aromatic N) is 7. The third-order valence-corrected chi connectivity index (χ3v) is 6.88.